The smallest absolute Gasteiger partial charge is 0.181 e. The normalized spacial score (nSPS) is 10.1. The van der Waals surface area contributed by atoms with Gasteiger partial charge >= 0.3 is 0 Å². The molecule has 14 heavy (non-hydrogen) atoms. The number of halogens is 2. The molecule has 0 aliphatic carbocycles. The van der Waals surface area contributed by atoms with E-state index in [0.717, 1.165) is 0 Å². The molecule has 0 unspecified atom stereocenters. The summed E-state index contributed by atoms with van der Waals surface area (Å²) in [6.45, 7) is 0. The predicted octanol–water partition coefficient (Wildman–Crippen LogP) is 2.24. The molecular formula is C8H4Cl2N4. The zero-order valence-electron chi connectivity index (χ0n) is 6.85. The molecule has 0 amide bonds. The molecule has 0 aliphatic rings. The van der Waals surface area contributed by atoms with E-state index in [1.54, 1.807) is 18.5 Å². The highest BCUT2D eigenvalue weighted by molar-refractivity contribution is 6.33. The third-order valence-corrected chi connectivity index (χ3v) is 1.92. The van der Waals surface area contributed by atoms with Gasteiger partial charge in [0, 0.05) is 12.4 Å². The molecule has 70 valence electrons. The predicted molar refractivity (Wildman–Crippen MR) is 53.1 cm³/mol. The standard InChI is InChI=1S/C8H4Cl2N4/c9-5-4-13-6(7(10)14-5)8-11-2-1-3-12-8/h1-4H. The van der Waals surface area contributed by atoms with Gasteiger partial charge in [-0.2, -0.15) is 0 Å². The summed E-state index contributed by atoms with van der Waals surface area (Å²) in [7, 11) is 0. The van der Waals surface area contributed by atoms with Crippen LogP contribution in [0.4, 0.5) is 0 Å². The summed E-state index contributed by atoms with van der Waals surface area (Å²) in [5.41, 5.74) is 0.427. The number of rotatable bonds is 1. The van der Waals surface area contributed by atoms with Gasteiger partial charge in [-0.15, -0.1) is 0 Å². The summed E-state index contributed by atoms with van der Waals surface area (Å²) < 4.78 is 0. The van der Waals surface area contributed by atoms with E-state index in [9.17, 15) is 0 Å². The number of aromatic nitrogens is 4. The maximum Gasteiger partial charge on any atom is 0.181 e. The van der Waals surface area contributed by atoms with Crippen LogP contribution in [-0.4, -0.2) is 19.9 Å². The van der Waals surface area contributed by atoms with E-state index >= 15 is 0 Å². The monoisotopic (exact) mass is 226 g/mol. The fourth-order valence-electron chi connectivity index (χ4n) is 0.918. The average molecular weight is 227 g/mol. The van der Waals surface area contributed by atoms with Gasteiger partial charge in [0.25, 0.3) is 0 Å². The molecule has 0 spiro atoms. The van der Waals surface area contributed by atoms with Crippen molar-refractivity contribution < 1.29 is 0 Å². The molecular weight excluding hydrogens is 223 g/mol. The van der Waals surface area contributed by atoms with Gasteiger partial charge in [-0.25, -0.2) is 19.9 Å². The highest BCUT2D eigenvalue weighted by atomic mass is 35.5. The van der Waals surface area contributed by atoms with Crippen LogP contribution in [0.1, 0.15) is 0 Å². The third kappa shape index (κ3) is 1.81. The van der Waals surface area contributed by atoms with Crippen LogP contribution in [-0.2, 0) is 0 Å². The fourth-order valence-corrected chi connectivity index (χ4v) is 1.32. The first-order valence-electron chi connectivity index (χ1n) is 3.73. The molecule has 6 heteroatoms. The van der Waals surface area contributed by atoms with Crippen LogP contribution in [0.2, 0.25) is 10.3 Å². The van der Waals surface area contributed by atoms with Crippen molar-refractivity contribution in [3.8, 4) is 11.5 Å². The lowest BCUT2D eigenvalue weighted by Crippen LogP contribution is -1.93. The summed E-state index contributed by atoms with van der Waals surface area (Å²) in [4.78, 5) is 15.8. The minimum atomic E-state index is 0.198. The Labute approximate surface area is 90.0 Å². The van der Waals surface area contributed by atoms with Crippen LogP contribution < -0.4 is 0 Å². The van der Waals surface area contributed by atoms with Gasteiger partial charge in [0.1, 0.15) is 10.8 Å². The van der Waals surface area contributed by atoms with Crippen molar-refractivity contribution in [2.45, 2.75) is 0 Å². The van der Waals surface area contributed by atoms with Gasteiger partial charge in [-0.1, -0.05) is 23.2 Å². The second kappa shape index (κ2) is 3.86. The minimum Gasteiger partial charge on any atom is -0.246 e. The van der Waals surface area contributed by atoms with Crippen molar-refractivity contribution in [2.75, 3.05) is 0 Å². The second-order valence-corrected chi connectivity index (χ2v) is 3.15. The van der Waals surface area contributed by atoms with Crippen LogP contribution in [0.5, 0.6) is 0 Å². The molecule has 0 bridgehead atoms. The molecule has 0 fully saturated rings. The van der Waals surface area contributed by atoms with Gasteiger partial charge < -0.3 is 0 Å². The molecule has 0 saturated carbocycles. The number of nitrogens with zero attached hydrogens (tertiary/aromatic N) is 4. The Hall–Kier alpha value is -1.26. The Kier molecular flexibility index (Phi) is 2.56. The molecule has 0 radical (unpaired) electrons. The van der Waals surface area contributed by atoms with Gasteiger partial charge in [-0.05, 0) is 6.07 Å². The van der Waals surface area contributed by atoms with E-state index in [1.807, 2.05) is 0 Å². The van der Waals surface area contributed by atoms with E-state index in [-0.39, 0.29) is 10.3 Å². The Balaban J connectivity index is 2.53. The Morgan fingerprint density at radius 1 is 1.00 bits per heavy atom. The summed E-state index contributed by atoms with van der Waals surface area (Å²) in [6.07, 6.45) is 4.61. The largest absolute Gasteiger partial charge is 0.246 e. The lowest BCUT2D eigenvalue weighted by atomic mass is 10.4. The fraction of sp³-hybridized carbons (Fsp3) is 0. The molecule has 0 atom stereocenters. The topological polar surface area (TPSA) is 51.6 Å². The van der Waals surface area contributed by atoms with Gasteiger partial charge in [0.05, 0.1) is 6.20 Å². The molecule has 2 aromatic rings. The lowest BCUT2D eigenvalue weighted by molar-refractivity contribution is 1.11. The third-order valence-electron chi connectivity index (χ3n) is 1.48. The molecule has 4 nitrogen and oxygen atoms in total. The van der Waals surface area contributed by atoms with E-state index < -0.39 is 0 Å². The van der Waals surface area contributed by atoms with E-state index in [4.69, 9.17) is 23.2 Å². The lowest BCUT2D eigenvalue weighted by Gasteiger charge is -1.99. The molecule has 0 aliphatic heterocycles. The van der Waals surface area contributed by atoms with Gasteiger partial charge in [0.15, 0.2) is 11.0 Å². The van der Waals surface area contributed by atoms with Gasteiger partial charge in [0.2, 0.25) is 0 Å². The van der Waals surface area contributed by atoms with Crippen molar-refractivity contribution in [3.05, 3.63) is 35.0 Å². The van der Waals surface area contributed by atoms with Crippen LogP contribution in [0, 0.1) is 0 Å². The Morgan fingerprint density at radius 3 is 2.36 bits per heavy atom. The van der Waals surface area contributed by atoms with E-state index in [1.165, 1.54) is 6.20 Å². The van der Waals surface area contributed by atoms with Gasteiger partial charge in [-0.3, -0.25) is 0 Å². The second-order valence-electron chi connectivity index (χ2n) is 2.40. The minimum absolute atomic E-state index is 0.198. The summed E-state index contributed by atoms with van der Waals surface area (Å²) in [5, 5.41) is 0.443. The first kappa shape index (κ1) is 9.30. The molecule has 0 saturated heterocycles. The van der Waals surface area contributed by atoms with Crippen LogP contribution >= 0.6 is 23.2 Å². The zero-order chi connectivity index (χ0) is 9.97. The van der Waals surface area contributed by atoms with Crippen molar-refractivity contribution in [1.29, 1.82) is 0 Å². The highest BCUT2D eigenvalue weighted by Gasteiger charge is 2.08. The van der Waals surface area contributed by atoms with Crippen molar-refractivity contribution in [2.24, 2.45) is 0 Å². The summed E-state index contributed by atoms with van der Waals surface area (Å²) >= 11 is 11.4. The average Bonchev–Trinajstić information content (AvgIpc) is 2.19. The van der Waals surface area contributed by atoms with Crippen LogP contribution in [0.15, 0.2) is 24.7 Å². The molecule has 2 heterocycles. The SMILES string of the molecule is Clc1cnc(-c2ncccn2)c(Cl)n1. The van der Waals surface area contributed by atoms with E-state index in [2.05, 4.69) is 19.9 Å². The first-order valence-corrected chi connectivity index (χ1v) is 4.48. The van der Waals surface area contributed by atoms with Crippen molar-refractivity contribution in [3.63, 3.8) is 0 Å². The summed E-state index contributed by atoms with van der Waals surface area (Å²) in [5.74, 6) is 0.432. The number of hydrogen-bond donors (Lipinski definition) is 0. The van der Waals surface area contributed by atoms with Crippen LogP contribution in [0.3, 0.4) is 0 Å². The maximum absolute atomic E-state index is 5.83. The highest BCUT2D eigenvalue weighted by Crippen LogP contribution is 2.21. The summed E-state index contributed by atoms with van der Waals surface area (Å²) in [6, 6.07) is 1.71. The molecule has 0 N–H and O–H groups in total. The van der Waals surface area contributed by atoms with Crippen LogP contribution in [0.25, 0.3) is 11.5 Å². The molecule has 2 rings (SSSR count). The Bertz CT molecular complexity index is 446. The quantitative estimate of drug-likeness (QED) is 0.749. The van der Waals surface area contributed by atoms with Crippen molar-refractivity contribution >= 4 is 23.2 Å². The van der Waals surface area contributed by atoms with Crippen molar-refractivity contribution in [1.82, 2.24) is 19.9 Å². The molecule has 0 aromatic carbocycles. The maximum atomic E-state index is 5.83. The van der Waals surface area contributed by atoms with E-state index in [0.29, 0.717) is 11.5 Å². The molecule has 2 aromatic heterocycles. The zero-order valence-corrected chi connectivity index (χ0v) is 8.37. The first-order chi connectivity index (χ1) is 6.77. The Morgan fingerprint density at radius 2 is 1.71 bits per heavy atom. The number of hydrogen-bond acceptors (Lipinski definition) is 4.